The fourth-order valence-corrected chi connectivity index (χ4v) is 4.60. The van der Waals surface area contributed by atoms with E-state index in [2.05, 4.69) is 18.7 Å². The van der Waals surface area contributed by atoms with Crippen LogP contribution in [0.25, 0.3) is 0 Å². The predicted octanol–water partition coefficient (Wildman–Crippen LogP) is 4.66. The number of carboxylic acid groups (broad SMARTS) is 1. The first-order valence-corrected chi connectivity index (χ1v) is 14.1. The standard InChI is InChI=1S/C28H57NO2.Li/c1-4-7-9-11-13-15-17-19-21-23-25-29(27(6-3)28(30)31)26-24-22-20-18-16-14-12-10-8-5-2;/h27H,4-26H2,1-3H3,(H,30,31);/q;+1/p-1. The minimum absolute atomic E-state index is 0. The van der Waals surface area contributed by atoms with Crippen molar-refractivity contribution >= 4 is 5.97 Å². The van der Waals surface area contributed by atoms with Gasteiger partial charge in [-0.1, -0.05) is 136 Å². The van der Waals surface area contributed by atoms with Crippen molar-refractivity contribution in [1.82, 2.24) is 4.90 Å². The molecule has 0 radical (unpaired) electrons. The molecule has 1 unspecified atom stereocenters. The molecule has 3 nitrogen and oxygen atoms in total. The van der Waals surface area contributed by atoms with E-state index in [1.807, 2.05) is 6.92 Å². The monoisotopic (exact) mass is 445 g/mol. The molecule has 0 heterocycles. The minimum atomic E-state index is -0.887. The zero-order valence-corrected chi connectivity index (χ0v) is 22.6. The van der Waals surface area contributed by atoms with Crippen molar-refractivity contribution in [3.05, 3.63) is 0 Å². The summed E-state index contributed by atoms with van der Waals surface area (Å²) in [6.45, 7) is 8.35. The van der Waals surface area contributed by atoms with Crippen LogP contribution in [0.3, 0.4) is 0 Å². The Morgan fingerprint density at radius 2 is 0.844 bits per heavy atom. The predicted molar refractivity (Wildman–Crippen MR) is 134 cm³/mol. The second-order valence-corrected chi connectivity index (χ2v) is 9.64. The third-order valence-electron chi connectivity index (χ3n) is 6.70. The molecule has 0 bridgehead atoms. The molecule has 186 valence electrons. The van der Waals surface area contributed by atoms with E-state index in [0.717, 1.165) is 25.9 Å². The van der Waals surface area contributed by atoms with Crippen molar-refractivity contribution in [2.75, 3.05) is 13.1 Å². The van der Waals surface area contributed by atoms with Crippen LogP contribution in [0, 0.1) is 0 Å². The molecule has 0 N–H and O–H groups in total. The van der Waals surface area contributed by atoms with Gasteiger partial charge in [0, 0.05) is 6.04 Å². The van der Waals surface area contributed by atoms with Gasteiger partial charge in [0.05, 0.1) is 5.97 Å². The normalized spacial score (nSPS) is 12.1. The van der Waals surface area contributed by atoms with Crippen LogP contribution in [0.15, 0.2) is 0 Å². The number of nitrogens with zero attached hydrogens (tertiary/aromatic N) is 1. The number of hydrogen-bond donors (Lipinski definition) is 0. The molecule has 0 aliphatic heterocycles. The van der Waals surface area contributed by atoms with Crippen LogP contribution < -0.4 is 24.0 Å². The van der Waals surface area contributed by atoms with Crippen LogP contribution in [-0.4, -0.2) is 30.0 Å². The minimum Gasteiger partial charge on any atom is -0.548 e. The van der Waals surface area contributed by atoms with Crippen molar-refractivity contribution in [1.29, 1.82) is 0 Å². The number of carbonyl (C=O) groups is 1. The van der Waals surface area contributed by atoms with E-state index in [1.54, 1.807) is 0 Å². The summed E-state index contributed by atoms with van der Waals surface area (Å²) in [5.41, 5.74) is 0. The Morgan fingerprint density at radius 1 is 0.562 bits per heavy atom. The first kappa shape index (κ1) is 34.2. The molecule has 0 aromatic carbocycles. The van der Waals surface area contributed by atoms with Gasteiger partial charge in [-0.25, -0.2) is 0 Å². The maximum Gasteiger partial charge on any atom is 1.00 e. The summed E-state index contributed by atoms with van der Waals surface area (Å²) >= 11 is 0. The Bertz CT molecular complexity index is 354. The average Bonchev–Trinajstić information content (AvgIpc) is 2.76. The number of aliphatic carboxylic acids is 1. The molecule has 0 saturated heterocycles. The molecule has 0 aliphatic rings. The van der Waals surface area contributed by atoms with Crippen molar-refractivity contribution in [3.63, 3.8) is 0 Å². The van der Waals surface area contributed by atoms with Gasteiger partial charge in [-0.05, 0) is 32.4 Å². The molecule has 1 atom stereocenters. The van der Waals surface area contributed by atoms with Crippen LogP contribution >= 0.6 is 0 Å². The van der Waals surface area contributed by atoms with E-state index < -0.39 is 12.0 Å². The maximum absolute atomic E-state index is 11.6. The van der Waals surface area contributed by atoms with Crippen LogP contribution in [0.1, 0.15) is 156 Å². The van der Waals surface area contributed by atoms with E-state index in [1.165, 1.54) is 116 Å². The molecule has 0 fully saturated rings. The van der Waals surface area contributed by atoms with Gasteiger partial charge in [-0.3, -0.25) is 4.90 Å². The summed E-state index contributed by atoms with van der Waals surface area (Å²) in [6, 6.07) is -0.405. The number of rotatable bonds is 25. The van der Waals surface area contributed by atoms with Crippen LogP contribution in [0.5, 0.6) is 0 Å². The number of carbonyl (C=O) groups excluding carboxylic acids is 1. The molecule has 0 spiro atoms. The number of carboxylic acids is 1. The molecule has 4 heteroatoms. The molecule has 0 amide bonds. The summed E-state index contributed by atoms with van der Waals surface area (Å²) in [5.74, 6) is -0.887. The van der Waals surface area contributed by atoms with Crippen molar-refractivity contribution in [2.24, 2.45) is 0 Å². The third kappa shape index (κ3) is 21.9. The van der Waals surface area contributed by atoms with Crippen LogP contribution in [-0.2, 0) is 4.79 Å². The maximum atomic E-state index is 11.6. The summed E-state index contributed by atoms with van der Waals surface area (Å²) in [5, 5.41) is 11.6. The Balaban J connectivity index is 0. The van der Waals surface area contributed by atoms with Crippen molar-refractivity contribution < 1.29 is 28.8 Å². The second kappa shape index (κ2) is 27.3. The van der Waals surface area contributed by atoms with Gasteiger partial charge in [-0.2, -0.15) is 0 Å². The zero-order valence-electron chi connectivity index (χ0n) is 22.6. The second-order valence-electron chi connectivity index (χ2n) is 9.64. The van der Waals surface area contributed by atoms with E-state index in [4.69, 9.17) is 0 Å². The Hall–Kier alpha value is 0.0274. The SMILES string of the molecule is CCCCCCCCCCCCN(CCCCCCCCCCCC)C(CC)C(=O)[O-].[Li+]. The smallest absolute Gasteiger partial charge is 0.548 e. The first-order valence-electron chi connectivity index (χ1n) is 14.1. The molecular weight excluding hydrogens is 389 g/mol. The molecule has 0 aliphatic carbocycles. The van der Waals surface area contributed by atoms with Crippen LogP contribution in [0.2, 0.25) is 0 Å². The molecule has 0 rings (SSSR count). The largest absolute Gasteiger partial charge is 1.00 e. The zero-order chi connectivity index (χ0) is 23.0. The Morgan fingerprint density at radius 3 is 1.09 bits per heavy atom. The van der Waals surface area contributed by atoms with Gasteiger partial charge >= 0.3 is 18.9 Å². The molecule has 0 aromatic rings. The van der Waals surface area contributed by atoms with E-state index >= 15 is 0 Å². The summed E-state index contributed by atoms with van der Waals surface area (Å²) < 4.78 is 0. The summed E-state index contributed by atoms with van der Waals surface area (Å²) in [7, 11) is 0. The van der Waals surface area contributed by atoms with E-state index in [-0.39, 0.29) is 18.9 Å². The van der Waals surface area contributed by atoms with Gasteiger partial charge in [-0.15, -0.1) is 0 Å². The van der Waals surface area contributed by atoms with Gasteiger partial charge < -0.3 is 9.90 Å². The summed E-state index contributed by atoms with van der Waals surface area (Å²) in [6.07, 6.45) is 27.1. The van der Waals surface area contributed by atoms with Crippen LogP contribution in [0.4, 0.5) is 0 Å². The first-order chi connectivity index (χ1) is 15.2. The molecule has 0 aromatic heterocycles. The van der Waals surface area contributed by atoms with E-state index in [0.29, 0.717) is 6.42 Å². The Kier molecular flexibility index (Phi) is 29.1. The molecule has 32 heavy (non-hydrogen) atoms. The topological polar surface area (TPSA) is 43.4 Å². The number of hydrogen-bond acceptors (Lipinski definition) is 3. The average molecular weight is 446 g/mol. The number of unbranched alkanes of at least 4 members (excludes halogenated alkanes) is 18. The van der Waals surface area contributed by atoms with Gasteiger partial charge in [0.2, 0.25) is 0 Å². The van der Waals surface area contributed by atoms with Gasteiger partial charge in [0.25, 0.3) is 0 Å². The van der Waals surface area contributed by atoms with Crippen molar-refractivity contribution in [3.8, 4) is 0 Å². The fraction of sp³-hybridized carbons (Fsp3) is 0.964. The Labute approximate surface area is 214 Å². The quantitative estimate of drug-likeness (QED) is 0.152. The molecule has 0 saturated carbocycles. The third-order valence-corrected chi connectivity index (χ3v) is 6.70. The van der Waals surface area contributed by atoms with Gasteiger partial charge in [0.15, 0.2) is 0 Å². The summed E-state index contributed by atoms with van der Waals surface area (Å²) in [4.78, 5) is 13.8. The van der Waals surface area contributed by atoms with E-state index in [9.17, 15) is 9.90 Å². The van der Waals surface area contributed by atoms with Crippen molar-refractivity contribution in [2.45, 2.75) is 162 Å². The van der Waals surface area contributed by atoms with Gasteiger partial charge in [0.1, 0.15) is 0 Å². The fourth-order valence-electron chi connectivity index (χ4n) is 4.60. The molecular formula is C28H56LiNO2.